The van der Waals surface area contributed by atoms with Gasteiger partial charge in [0.1, 0.15) is 0 Å². The van der Waals surface area contributed by atoms with E-state index in [9.17, 15) is 14.4 Å². The van der Waals surface area contributed by atoms with Crippen molar-refractivity contribution in [1.82, 2.24) is 14.7 Å². The van der Waals surface area contributed by atoms with E-state index < -0.39 is 0 Å². The van der Waals surface area contributed by atoms with Crippen molar-refractivity contribution in [3.63, 3.8) is 0 Å². The molecule has 2 N–H and O–H groups in total. The number of likely N-dealkylation sites (tertiary alicyclic amines) is 2. The second-order valence-corrected chi connectivity index (χ2v) is 6.42. The lowest BCUT2D eigenvalue weighted by Crippen LogP contribution is -2.49. The van der Waals surface area contributed by atoms with Gasteiger partial charge in [0.25, 0.3) is 0 Å². The molecule has 0 aromatic carbocycles. The number of likely N-dealkylation sites (N-methyl/N-ethyl adjacent to an activating group) is 1. The first-order valence-electron chi connectivity index (χ1n) is 7.92. The average molecular weight is 310 g/mol. The Morgan fingerprint density at radius 2 is 1.73 bits per heavy atom. The number of carbonyl (C=O) groups is 3. The van der Waals surface area contributed by atoms with Gasteiger partial charge >= 0.3 is 0 Å². The maximum Gasteiger partial charge on any atom is 0.239 e. The van der Waals surface area contributed by atoms with Gasteiger partial charge < -0.3 is 15.5 Å². The first kappa shape index (κ1) is 16.7. The molecule has 124 valence electrons. The van der Waals surface area contributed by atoms with E-state index in [-0.39, 0.29) is 36.2 Å². The van der Waals surface area contributed by atoms with Crippen LogP contribution in [0.5, 0.6) is 0 Å². The van der Waals surface area contributed by atoms with Crippen molar-refractivity contribution in [3.8, 4) is 0 Å². The van der Waals surface area contributed by atoms with Crippen LogP contribution in [-0.2, 0) is 14.4 Å². The summed E-state index contributed by atoms with van der Waals surface area (Å²) in [5, 5.41) is 0. The molecule has 0 aromatic rings. The minimum Gasteiger partial charge on any atom is -0.369 e. The summed E-state index contributed by atoms with van der Waals surface area (Å²) < 4.78 is 0. The highest BCUT2D eigenvalue weighted by atomic mass is 16.2. The lowest BCUT2D eigenvalue weighted by Gasteiger charge is -2.33. The van der Waals surface area contributed by atoms with Gasteiger partial charge in [-0.05, 0) is 32.2 Å². The van der Waals surface area contributed by atoms with E-state index in [1.807, 2.05) is 4.90 Å². The number of nitrogens with two attached hydrogens (primary N) is 1. The van der Waals surface area contributed by atoms with Crippen molar-refractivity contribution < 1.29 is 14.4 Å². The molecule has 1 unspecified atom stereocenters. The Kier molecular flexibility index (Phi) is 5.39. The zero-order valence-electron chi connectivity index (χ0n) is 13.5. The Labute approximate surface area is 131 Å². The number of hydrogen-bond acceptors (Lipinski definition) is 4. The zero-order valence-corrected chi connectivity index (χ0v) is 13.5. The third-order valence-corrected chi connectivity index (χ3v) is 4.68. The van der Waals surface area contributed by atoms with Gasteiger partial charge in [0.2, 0.25) is 17.7 Å². The van der Waals surface area contributed by atoms with Crippen molar-refractivity contribution in [3.05, 3.63) is 0 Å². The minimum atomic E-state index is -0.275. The van der Waals surface area contributed by atoms with Crippen LogP contribution < -0.4 is 5.73 Å². The summed E-state index contributed by atoms with van der Waals surface area (Å²) in [7, 11) is 3.49. The smallest absolute Gasteiger partial charge is 0.239 e. The number of amides is 3. The number of rotatable bonds is 4. The van der Waals surface area contributed by atoms with Gasteiger partial charge in [-0.15, -0.1) is 0 Å². The molecule has 22 heavy (non-hydrogen) atoms. The predicted octanol–water partition coefficient (Wildman–Crippen LogP) is -0.737. The van der Waals surface area contributed by atoms with Crippen molar-refractivity contribution in [2.45, 2.75) is 31.7 Å². The van der Waals surface area contributed by atoms with Crippen molar-refractivity contribution in [2.75, 3.05) is 40.3 Å². The molecule has 7 nitrogen and oxygen atoms in total. The van der Waals surface area contributed by atoms with Gasteiger partial charge in [-0.3, -0.25) is 19.3 Å². The van der Waals surface area contributed by atoms with Gasteiger partial charge in [0.05, 0.1) is 12.6 Å². The lowest BCUT2D eigenvalue weighted by molar-refractivity contribution is -0.138. The Morgan fingerprint density at radius 3 is 2.27 bits per heavy atom. The summed E-state index contributed by atoms with van der Waals surface area (Å²) in [4.78, 5) is 41.1. The van der Waals surface area contributed by atoms with Crippen LogP contribution in [0, 0.1) is 5.92 Å². The normalized spacial score (nSPS) is 23.5. The molecule has 0 radical (unpaired) electrons. The quantitative estimate of drug-likeness (QED) is 0.741. The van der Waals surface area contributed by atoms with Crippen LogP contribution in [0.4, 0.5) is 0 Å². The molecule has 2 aliphatic rings. The van der Waals surface area contributed by atoms with E-state index in [0.29, 0.717) is 25.9 Å². The van der Waals surface area contributed by atoms with Crippen LogP contribution in [-0.4, -0.2) is 78.7 Å². The number of hydrogen-bond donors (Lipinski definition) is 1. The maximum absolute atomic E-state index is 12.4. The van der Waals surface area contributed by atoms with Crippen LogP contribution in [0.15, 0.2) is 0 Å². The van der Waals surface area contributed by atoms with E-state index in [2.05, 4.69) is 0 Å². The summed E-state index contributed by atoms with van der Waals surface area (Å²) in [6.45, 7) is 2.22. The average Bonchev–Trinajstić information content (AvgIpc) is 2.94. The van der Waals surface area contributed by atoms with E-state index in [1.54, 1.807) is 23.9 Å². The monoisotopic (exact) mass is 310 g/mol. The fourth-order valence-corrected chi connectivity index (χ4v) is 3.28. The molecule has 0 saturated carbocycles. The van der Waals surface area contributed by atoms with Gasteiger partial charge in [0, 0.05) is 33.1 Å². The molecule has 0 bridgehead atoms. The Bertz CT molecular complexity index is 444. The third kappa shape index (κ3) is 3.76. The fourth-order valence-electron chi connectivity index (χ4n) is 3.28. The second kappa shape index (κ2) is 7.09. The molecular weight excluding hydrogens is 284 g/mol. The molecule has 0 aromatic heterocycles. The Morgan fingerprint density at radius 1 is 1.09 bits per heavy atom. The van der Waals surface area contributed by atoms with Gasteiger partial charge in [-0.2, -0.15) is 0 Å². The maximum atomic E-state index is 12.4. The first-order chi connectivity index (χ1) is 10.4. The first-order valence-corrected chi connectivity index (χ1v) is 7.92. The number of primary amides is 1. The summed E-state index contributed by atoms with van der Waals surface area (Å²) >= 11 is 0. The number of piperidine rings is 1. The van der Waals surface area contributed by atoms with E-state index in [4.69, 9.17) is 5.73 Å². The van der Waals surface area contributed by atoms with Crippen LogP contribution in [0.2, 0.25) is 0 Å². The van der Waals surface area contributed by atoms with Crippen LogP contribution in [0.3, 0.4) is 0 Å². The van der Waals surface area contributed by atoms with E-state index in [0.717, 1.165) is 19.4 Å². The van der Waals surface area contributed by atoms with Crippen molar-refractivity contribution in [2.24, 2.45) is 11.7 Å². The highest BCUT2D eigenvalue weighted by molar-refractivity contribution is 5.84. The van der Waals surface area contributed by atoms with Crippen molar-refractivity contribution in [1.29, 1.82) is 0 Å². The van der Waals surface area contributed by atoms with E-state index in [1.165, 1.54) is 0 Å². The number of carbonyl (C=O) groups excluding carboxylic acids is 3. The molecule has 0 aliphatic carbocycles. The molecule has 1 atom stereocenters. The predicted molar refractivity (Wildman–Crippen MR) is 81.8 cm³/mol. The SMILES string of the molecule is CN(C)C(=O)C1CCCN1CC(=O)N1CCC(C(N)=O)CC1. The molecule has 2 aliphatic heterocycles. The Hall–Kier alpha value is -1.63. The highest BCUT2D eigenvalue weighted by Gasteiger charge is 2.34. The minimum absolute atomic E-state index is 0.0429. The van der Waals surface area contributed by atoms with E-state index >= 15 is 0 Å². The van der Waals surface area contributed by atoms with Crippen LogP contribution >= 0.6 is 0 Å². The van der Waals surface area contributed by atoms with Crippen molar-refractivity contribution >= 4 is 17.7 Å². The summed E-state index contributed by atoms with van der Waals surface area (Å²) in [6, 6.07) is -0.179. The standard InChI is InChI=1S/C15H26N4O3/c1-17(2)15(22)12-4-3-7-19(12)10-13(20)18-8-5-11(6-9-18)14(16)21/h11-12H,3-10H2,1-2H3,(H2,16,21). The summed E-state index contributed by atoms with van der Waals surface area (Å²) in [6.07, 6.45) is 3.04. The molecule has 0 spiro atoms. The second-order valence-electron chi connectivity index (χ2n) is 6.42. The molecule has 3 amide bonds. The molecule has 2 fully saturated rings. The molecule has 2 heterocycles. The summed E-state index contributed by atoms with van der Waals surface area (Å²) in [5.41, 5.74) is 5.31. The van der Waals surface area contributed by atoms with Crippen LogP contribution in [0.1, 0.15) is 25.7 Å². The van der Waals surface area contributed by atoms with Gasteiger partial charge in [-0.1, -0.05) is 0 Å². The summed E-state index contributed by atoms with van der Waals surface area (Å²) in [5.74, 6) is -0.277. The number of nitrogens with zero attached hydrogens (tertiary/aromatic N) is 3. The highest BCUT2D eigenvalue weighted by Crippen LogP contribution is 2.20. The van der Waals surface area contributed by atoms with Gasteiger partial charge in [-0.25, -0.2) is 0 Å². The molecule has 2 rings (SSSR count). The molecule has 7 heteroatoms. The van der Waals surface area contributed by atoms with Gasteiger partial charge in [0.15, 0.2) is 0 Å². The van der Waals surface area contributed by atoms with Crippen LogP contribution in [0.25, 0.3) is 0 Å². The Balaban J connectivity index is 1.87. The topological polar surface area (TPSA) is 87.0 Å². The fraction of sp³-hybridized carbons (Fsp3) is 0.800. The zero-order chi connectivity index (χ0) is 16.3. The largest absolute Gasteiger partial charge is 0.369 e. The molecule has 2 saturated heterocycles. The third-order valence-electron chi connectivity index (χ3n) is 4.68. The molecular formula is C15H26N4O3. The lowest BCUT2D eigenvalue weighted by atomic mass is 9.96.